The van der Waals surface area contributed by atoms with Gasteiger partial charge >= 0.3 is 11.9 Å². The Morgan fingerprint density at radius 2 is 1.25 bits per heavy atom. The van der Waals surface area contributed by atoms with Crippen LogP contribution in [0.15, 0.2) is 0 Å². The van der Waals surface area contributed by atoms with Crippen molar-refractivity contribution in [2.45, 2.75) is 103 Å². The monoisotopic (exact) mass is 421 g/mol. The molecule has 1 atom stereocenters. The Labute approximate surface area is 179 Å². The van der Waals surface area contributed by atoms with Gasteiger partial charge in [-0.2, -0.15) is 0 Å². The predicted molar refractivity (Wildman–Crippen MR) is 111 cm³/mol. The number of halogens is 1. The van der Waals surface area contributed by atoms with E-state index < -0.39 is 12.1 Å². The number of nitrogens with zero attached hydrogens (tertiary/aromatic N) is 1. The minimum Gasteiger partial charge on any atom is -1.00 e. The summed E-state index contributed by atoms with van der Waals surface area (Å²) in [7, 11) is 5.90. The highest BCUT2D eigenvalue weighted by Crippen LogP contribution is 2.13. The molecule has 1 N–H and O–H groups in total. The molecule has 0 aromatic carbocycles. The van der Waals surface area contributed by atoms with Gasteiger partial charge in [-0.05, 0) is 6.42 Å². The van der Waals surface area contributed by atoms with E-state index in [0.717, 1.165) is 12.8 Å². The summed E-state index contributed by atoms with van der Waals surface area (Å²) in [6, 6.07) is 0. The Bertz CT molecular complexity index is 396. The standard InChI is InChI=1S/C22H43NO4.ClH/c1-5-6-7-8-9-10-11-12-13-14-15-16-17-22(26)27-20(18-21(24)25)19-23(2,3)4;/h20H,5-19H2,1-4H3;1H/t20-;/m1./s1. The van der Waals surface area contributed by atoms with Crippen LogP contribution >= 0.6 is 0 Å². The molecule has 0 radical (unpaired) electrons. The molecule has 0 spiro atoms. The van der Waals surface area contributed by atoms with Gasteiger partial charge in [-0.3, -0.25) is 9.59 Å². The van der Waals surface area contributed by atoms with E-state index in [4.69, 9.17) is 9.84 Å². The maximum atomic E-state index is 12.0. The molecule has 0 aliphatic heterocycles. The predicted octanol–water partition coefficient (Wildman–Crippen LogP) is 2.17. The average Bonchev–Trinajstić information content (AvgIpc) is 2.53. The van der Waals surface area contributed by atoms with Crippen LogP contribution in [0.25, 0.3) is 0 Å². The quantitative estimate of drug-likeness (QED) is 0.209. The molecular weight excluding hydrogens is 378 g/mol. The minimum atomic E-state index is -0.924. The Morgan fingerprint density at radius 1 is 0.821 bits per heavy atom. The Hall–Kier alpha value is -0.810. The lowest BCUT2D eigenvalue weighted by Crippen LogP contribution is -3.00. The summed E-state index contributed by atoms with van der Waals surface area (Å²) in [5.41, 5.74) is 0. The highest BCUT2D eigenvalue weighted by molar-refractivity contribution is 5.71. The summed E-state index contributed by atoms with van der Waals surface area (Å²) in [4.78, 5) is 22.9. The first-order valence-corrected chi connectivity index (χ1v) is 11.0. The number of esters is 1. The lowest BCUT2D eigenvalue weighted by atomic mass is 10.0. The molecule has 0 rings (SSSR count). The largest absolute Gasteiger partial charge is 1.00 e. The highest BCUT2D eigenvalue weighted by Gasteiger charge is 2.24. The molecule has 0 bridgehead atoms. The fraction of sp³-hybridized carbons (Fsp3) is 0.909. The van der Waals surface area contributed by atoms with E-state index in [-0.39, 0.29) is 24.8 Å². The molecule has 0 unspecified atom stereocenters. The zero-order valence-corrected chi connectivity index (χ0v) is 19.4. The van der Waals surface area contributed by atoms with Gasteiger partial charge < -0.3 is 26.7 Å². The van der Waals surface area contributed by atoms with E-state index in [2.05, 4.69) is 6.92 Å². The van der Waals surface area contributed by atoms with Crippen molar-refractivity contribution in [3.8, 4) is 0 Å². The van der Waals surface area contributed by atoms with Crippen LogP contribution in [0.4, 0.5) is 0 Å². The smallest absolute Gasteiger partial charge is 0.307 e. The zero-order chi connectivity index (χ0) is 20.5. The van der Waals surface area contributed by atoms with E-state index in [0.29, 0.717) is 17.4 Å². The fourth-order valence-corrected chi connectivity index (χ4v) is 3.30. The van der Waals surface area contributed by atoms with Gasteiger partial charge in [0.2, 0.25) is 0 Å². The number of rotatable bonds is 18. The summed E-state index contributed by atoms with van der Waals surface area (Å²) in [5, 5.41) is 8.98. The summed E-state index contributed by atoms with van der Waals surface area (Å²) in [6.45, 7) is 2.76. The second-order valence-corrected chi connectivity index (χ2v) is 8.82. The summed E-state index contributed by atoms with van der Waals surface area (Å²) < 4.78 is 5.98. The van der Waals surface area contributed by atoms with E-state index in [9.17, 15) is 9.59 Å². The maximum absolute atomic E-state index is 12.0. The number of quaternary nitrogens is 1. The molecule has 168 valence electrons. The Kier molecular flexibility index (Phi) is 19.1. The molecule has 28 heavy (non-hydrogen) atoms. The van der Waals surface area contributed by atoms with Crippen LogP contribution in [0.5, 0.6) is 0 Å². The van der Waals surface area contributed by atoms with Gasteiger partial charge in [-0.25, -0.2) is 0 Å². The lowest BCUT2D eigenvalue weighted by Gasteiger charge is -2.28. The summed E-state index contributed by atoms with van der Waals surface area (Å²) in [6.07, 6.45) is 14.8. The number of carboxylic acids is 1. The van der Waals surface area contributed by atoms with Crippen molar-refractivity contribution in [1.82, 2.24) is 0 Å². The zero-order valence-electron chi connectivity index (χ0n) is 18.7. The van der Waals surface area contributed by atoms with Gasteiger partial charge in [0.05, 0.1) is 27.6 Å². The van der Waals surface area contributed by atoms with Gasteiger partial charge in [-0.15, -0.1) is 0 Å². The van der Waals surface area contributed by atoms with E-state index in [1.165, 1.54) is 64.2 Å². The average molecular weight is 422 g/mol. The first-order chi connectivity index (χ1) is 12.7. The first kappa shape index (κ1) is 29.4. The number of unbranched alkanes of at least 4 members (excludes halogenated alkanes) is 11. The molecule has 5 nitrogen and oxygen atoms in total. The van der Waals surface area contributed by atoms with Crippen molar-refractivity contribution >= 4 is 11.9 Å². The van der Waals surface area contributed by atoms with Gasteiger partial charge in [0.1, 0.15) is 6.54 Å². The number of carbonyl (C=O) groups excluding carboxylic acids is 1. The number of likely N-dealkylation sites (N-methyl/N-ethyl adjacent to an activating group) is 1. The van der Waals surface area contributed by atoms with Crippen LogP contribution in [0, 0.1) is 0 Å². The Balaban J connectivity index is 0. The lowest BCUT2D eigenvalue weighted by molar-refractivity contribution is -0.873. The Morgan fingerprint density at radius 3 is 1.64 bits per heavy atom. The van der Waals surface area contributed by atoms with Gasteiger partial charge in [0.25, 0.3) is 0 Å². The first-order valence-electron chi connectivity index (χ1n) is 11.0. The van der Waals surface area contributed by atoms with Crippen LogP contribution in [-0.4, -0.2) is 55.3 Å². The van der Waals surface area contributed by atoms with E-state index >= 15 is 0 Å². The van der Waals surface area contributed by atoms with Crippen molar-refractivity contribution in [2.24, 2.45) is 0 Å². The third kappa shape index (κ3) is 21.5. The van der Waals surface area contributed by atoms with Crippen molar-refractivity contribution in [3.63, 3.8) is 0 Å². The SMILES string of the molecule is CCCCCCCCCCCCCCC(=O)O[C@H](CC(=O)O)C[N+](C)(C)C.[Cl-]. The fourth-order valence-electron chi connectivity index (χ4n) is 3.30. The van der Waals surface area contributed by atoms with Gasteiger partial charge in [-0.1, -0.05) is 77.6 Å². The van der Waals surface area contributed by atoms with Gasteiger partial charge in [0, 0.05) is 6.42 Å². The second kappa shape index (κ2) is 18.2. The molecule has 6 heteroatoms. The van der Waals surface area contributed by atoms with E-state index in [1.54, 1.807) is 0 Å². The maximum Gasteiger partial charge on any atom is 0.307 e. The third-order valence-electron chi connectivity index (χ3n) is 4.69. The molecule has 0 fully saturated rings. The van der Waals surface area contributed by atoms with Gasteiger partial charge in [0.15, 0.2) is 6.10 Å². The minimum absolute atomic E-state index is 0. The van der Waals surface area contributed by atoms with Crippen molar-refractivity contribution in [1.29, 1.82) is 0 Å². The van der Waals surface area contributed by atoms with Crippen LogP contribution in [0.1, 0.15) is 96.8 Å². The molecule has 0 aromatic heterocycles. The van der Waals surface area contributed by atoms with Crippen molar-refractivity contribution < 1.29 is 36.3 Å². The number of hydrogen-bond donors (Lipinski definition) is 1. The normalized spacial score (nSPS) is 12.3. The summed E-state index contributed by atoms with van der Waals surface area (Å²) >= 11 is 0. The molecule has 0 amide bonds. The van der Waals surface area contributed by atoms with Crippen LogP contribution in [0.3, 0.4) is 0 Å². The number of aliphatic carboxylic acids is 1. The second-order valence-electron chi connectivity index (χ2n) is 8.82. The third-order valence-corrected chi connectivity index (χ3v) is 4.69. The van der Waals surface area contributed by atoms with Crippen LogP contribution in [-0.2, 0) is 14.3 Å². The number of hydrogen-bond acceptors (Lipinski definition) is 3. The topological polar surface area (TPSA) is 63.6 Å². The van der Waals surface area contributed by atoms with Crippen LogP contribution < -0.4 is 12.4 Å². The summed E-state index contributed by atoms with van der Waals surface area (Å²) in [5.74, 6) is -1.19. The number of carboxylic acid groups (broad SMARTS) is 1. The molecule has 0 aromatic rings. The molecule has 0 aliphatic carbocycles. The molecule has 0 aliphatic rings. The number of carbonyl (C=O) groups is 2. The number of ether oxygens (including phenoxy) is 1. The molecule has 0 saturated heterocycles. The van der Waals surface area contributed by atoms with Crippen LogP contribution in [0.2, 0.25) is 0 Å². The highest BCUT2D eigenvalue weighted by atomic mass is 35.5. The molecule has 0 heterocycles. The van der Waals surface area contributed by atoms with Crippen molar-refractivity contribution in [2.75, 3.05) is 27.7 Å². The van der Waals surface area contributed by atoms with Crippen molar-refractivity contribution in [3.05, 3.63) is 0 Å². The molecular formula is C22H44ClNO4. The van der Waals surface area contributed by atoms with E-state index in [1.807, 2.05) is 21.1 Å². The molecule has 0 saturated carbocycles.